The SMILES string of the molecule is CCS(=O)(=O)c1ccc(CC(=O)Nc2nc(-c3ccc([N+](=O)[O-])cc3)cs2)cc1. The van der Waals surface area contributed by atoms with E-state index in [2.05, 4.69) is 10.3 Å². The summed E-state index contributed by atoms with van der Waals surface area (Å²) >= 11 is 1.25. The van der Waals surface area contributed by atoms with Gasteiger partial charge in [0.05, 0.1) is 27.7 Å². The number of nitrogens with one attached hydrogen (secondary N) is 1. The van der Waals surface area contributed by atoms with E-state index in [1.165, 1.54) is 35.6 Å². The lowest BCUT2D eigenvalue weighted by atomic mass is 10.1. The predicted molar refractivity (Wildman–Crippen MR) is 111 cm³/mol. The zero-order valence-corrected chi connectivity index (χ0v) is 17.0. The molecular formula is C19H17N3O5S2. The highest BCUT2D eigenvalue weighted by Crippen LogP contribution is 2.26. The van der Waals surface area contributed by atoms with Crippen molar-refractivity contribution in [2.24, 2.45) is 0 Å². The molecule has 0 saturated heterocycles. The molecule has 0 saturated carbocycles. The van der Waals surface area contributed by atoms with Crippen molar-refractivity contribution in [2.45, 2.75) is 18.2 Å². The van der Waals surface area contributed by atoms with E-state index in [9.17, 15) is 23.3 Å². The highest BCUT2D eigenvalue weighted by Gasteiger charge is 2.13. The lowest BCUT2D eigenvalue weighted by molar-refractivity contribution is -0.384. The number of nitro groups is 1. The van der Waals surface area contributed by atoms with Crippen LogP contribution in [0, 0.1) is 10.1 Å². The second-order valence-corrected chi connectivity index (χ2v) is 9.25. The van der Waals surface area contributed by atoms with Gasteiger partial charge in [-0.2, -0.15) is 0 Å². The van der Waals surface area contributed by atoms with Crippen molar-refractivity contribution in [3.05, 3.63) is 69.6 Å². The van der Waals surface area contributed by atoms with Crippen LogP contribution in [0.5, 0.6) is 0 Å². The molecule has 1 amide bonds. The number of benzene rings is 2. The van der Waals surface area contributed by atoms with Gasteiger partial charge in [0.25, 0.3) is 5.69 Å². The smallest absolute Gasteiger partial charge is 0.269 e. The Balaban J connectivity index is 1.64. The molecule has 0 bridgehead atoms. The van der Waals surface area contributed by atoms with Crippen LogP contribution in [0.25, 0.3) is 11.3 Å². The Labute approximate surface area is 171 Å². The molecule has 0 aliphatic heterocycles. The van der Waals surface area contributed by atoms with E-state index in [0.717, 1.165) is 0 Å². The van der Waals surface area contributed by atoms with Crippen LogP contribution in [0.3, 0.4) is 0 Å². The zero-order valence-electron chi connectivity index (χ0n) is 15.4. The fourth-order valence-corrected chi connectivity index (χ4v) is 4.17. The Hall–Kier alpha value is -3.11. The van der Waals surface area contributed by atoms with Crippen molar-refractivity contribution < 1.29 is 18.1 Å². The van der Waals surface area contributed by atoms with E-state index in [4.69, 9.17) is 0 Å². The number of non-ortho nitro benzene ring substituents is 1. The largest absolute Gasteiger partial charge is 0.302 e. The van der Waals surface area contributed by atoms with Crippen molar-refractivity contribution in [1.29, 1.82) is 0 Å². The Bertz CT molecular complexity index is 1140. The van der Waals surface area contributed by atoms with Crippen LogP contribution in [-0.4, -0.2) is 30.0 Å². The monoisotopic (exact) mass is 431 g/mol. The van der Waals surface area contributed by atoms with Gasteiger partial charge in [0.1, 0.15) is 0 Å². The molecule has 1 aromatic heterocycles. The number of hydrogen-bond acceptors (Lipinski definition) is 7. The van der Waals surface area contributed by atoms with Gasteiger partial charge in [-0.3, -0.25) is 14.9 Å². The first kappa shape index (κ1) is 20.6. The maximum absolute atomic E-state index is 12.2. The summed E-state index contributed by atoms with van der Waals surface area (Å²) in [5, 5.41) is 15.6. The summed E-state index contributed by atoms with van der Waals surface area (Å²) in [4.78, 5) is 27.1. The minimum Gasteiger partial charge on any atom is -0.302 e. The number of nitrogens with zero attached hydrogens (tertiary/aromatic N) is 2. The number of carbonyl (C=O) groups excluding carboxylic acids is 1. The van der Waals surface area contributed by atoms with Gasteiger partial charge in [0.2, 0.25) is 5.91 Å². The fourth-order valence-electron chi connectivity index (χ4n) is 2.55. The van der Waals surface area contributed by atoms with Crippen LogP contribution in [0.1, 0.15) is 12.5 Å². The summed E-state index contributed by atoms with van der Waals surface area (Å²) in [6, 6.07) is 12.2. The number of thiazole rings is 1. The Kier molecular flexibility index (Phi) is 6.04. The minimum absolute atomic E-state index is 0.00439. The van der Waals surface area contributed by atoms with E-state index in [1.54, 1.807) is 36.6 Å². The van der Waals surface area contributed by atoms with Gasteiger partial charge in [-0.25, -0.2) is 13.4 Å². The zero-order chi connectivity index (χ0) is 21.0. The van der Waals surface area contributed by atoms with Crippen LogP contribution in [0.2, 0.25) is 0 Å². The number of carbonyl (C=O) groups is 1. The molecule has 10 heteroatoms. The third-order valence-corrected chi connectivity index (χ3v) is 6.66. The van der Waals surface area contributed by atoms with Crippen LogP contribution in [0.15, 0.2) is 58.8 Å². The predicted octanol–water partition coefficient (Wildman–Crippen LogP) is 3.69. The molecule has 0 aliphatic rings. The highest BCUT2D eigenvalue weighted by molar-refractivity contribution is 7.91. The van der Waals surface area contributed by atoms with Crippen molar-refractivity contribution >= 4 is 37.9 Å². The average molecular weight is 431 g/mol. The standard InChI is InChI=1S/C19H17N3O5S2/c1-2-29(26,27)16-9-3-13(4-10-16)11-18(23)21-19-20-17(12-28-19)14-5-7-15(8-6-14)22(24)25/h3-10,12H,2,11H2,1H3,(H,20,21,23). The van der Waals surface area contributed by atoms with E-state index in [1.807, 2.05) is 0 Å². The molecule has 0 fully saturated rings. The molecule has 1 N–H and O–H groups in total. The maximum Gasteiger partial charge on any atom is 0.269 e. The molecule has 150 valence electrons. The second kappa shape index (κ2) is 8.50. The normalized spacial score (nSPS) is 11.2. The number of hydrogen-bond donors (Lipinski definition) is 1. The summed E-state index contributed by atoms with van der Waals surface area (Å²) in [7, 11) is -3.27. The van der Waals surface area contributed by atoms with Gasteiger partial charge in [-0.05, 0) is 29.8 Å². The topological polar surface area (TPSA) is 119 Å². The molecule has 2 aromatic carbocycles. The summed E-state index contributed by atoms with van der Waals surface area (Å²) in [5.41, 5.74) is 1.99. The Morgan fingerprint density at radius 3 is 2.38 bits per heavy atom. The first-order valence-corrected chi connectivity index (χ1v) is 11.1. The van der Waals surface area contributed by atoms with Crippen molar-refractivity contribution in [2.75, 3.05) is 11.1 Å². The molecule has 0 unspecified atom stereocenters. The number of aromatic nitrogens is 1. The quantitative estimate of drug-likeness (QED) is 0.450. The van der Waals surface area contributed by atoms with E-state index in [0.29, 0.717) is 22.0 Å². The number of rotatable bonds is 7. The van der Waals surface area contributed by atoms with Crippen molar-refractivity contribution in [1.82, 2.24) is 4.98 Å². The number of anilines is 1. The van der Waals surface area contributed by atoms with Crippen molar-refractivity contribution in [3.8, 4) is 11.3 Å². The van der Waals surface area contributed by atoms with Crippen LogP contribution in [0.4, 0.5) is 10.8 Å². The van der Waals surface area contributed by atoms with Crippen LogP contribution in [-0.2, 0) is 21.1 Å². The summed E-state index contributed by atoms with van der Waals surface area (Å²) < 4.78 is 23.7. The molecule has 3 rings (SSSR count). The molecule has 0 spiro atoms. The third-order valence-electron chi connectivity index (χ3n) is 4.15. The minimum atomic E-state index is -3.27. The van der Waals surface area contributed by atoms with Gasteiger partial charge in [0.15, 0.2) is 15.0 Å². The average Bonchev–Trinajstić information content (AvgIpc) is 3.16. The maximum atomic E-state index is 12.2. The molecule has 29 heavy (non-hydrogen) atoms. The van der Waals surface area contributed by atoms with Gasteiger partial charge in [-0.1, -0.05) is 19.1 Å². The van der Waals surface area contributed by atoms with Crippen LogP contribution < -0.4 is 5.32 Å². The molecular weight excluding hydrogens is 414 g/mol. The van der Waals surface area contributed by atoms with E-state index >= 15 is 0 Å². The molecule has 8 nitrogen and oxygen atoms in total. The molecule has 0 aliphatic carbocycles. The summed E-state index contributed by atoms with van der Waals surface area (Å²) in [5.74, 6) is -0.255. The van der Waals surface area contributed by atoms with E-state index in [-0.39, 0.29) is 28.7 Å². The summed E-state index contributed by atoms with van der Waals surface area (Å²) in [6.07, 6.45) is 0.0822. The van der Waals surface area contributed by atoms with Crippen molar-refractivity contribution in [3.63, 3.8) is 0 Å². The Morgan fingerprint density at radius 1 is 1.14 bits per heavy atom. The Morgan fingerprint density at radius 2 is 1.79 bits per heavy atom. The second-order valence-electron chi connectivity index (χ2n) is 6.11. The number of sulfone groups is 1. The first-order chi connectivity index (χ1) is 13.8. The number of nitro benzene ring substituents is 1. The molecule has 1 heterocycles. The lowest BCUT2D eigenvalue weighted by Crippen LogP contribution is -2.14. The lowest BCUT2D eigenvalue weighted by Gasteiger charge is -2.04. The molecule has 0 atom stereocenters. The molecule has 0 radical (unpaired) electrons. The number of amides is 1. The van der Waals surface area contributed by atoms with E-state index < -0.39 is 14.8 Å². The van der Waals surface area contributed by atoms with Gasteiger partial charge < -0.3 is 5.32 Å². The first-order valence-electron chi connectivity index (χ1n) is 8.60. The third kappa shape index (κ3) is 5.04. The molecule has 3 aromatic rings. The van der Waals surface area contributed by atoms with Gasteiger partial charge in [0, 0.05) is 23.1 Å². The van der Waals surface area contributed by atoms with Crippen LogP contribution >= 0.6 is 11.3 Å². The van der Waals surface area contributed by atoms with Gasteiger partial charge >= 0.3 is 0 Å². The van der Waals surface area contributed by atoms with Gasteiger partial charge in [-0.15, -0.1) is 11.3 Å². The fraction of sp³-hybridized carbons (Fsp3) is 0.158. The summed E-state index contributed by atoms with van der Waals surface area (Å²) in [6.45, 7) is 1.58. The highest BCUT2D eigenvalue weighted by atomic mass is 32.2.